The van der Waals surface area contributed by atoms with E-state index in [0.717, 1.165) is 13.0 Å². The predicted octanol–water partition coefficient (Wildman–Crippen LogP) is -0.142. The molecular formula is C8H11N5O. The van der Waals surface area contributed by atoms with Crippen LogP contribution in [0.1, 0.15) is 6.42 Å². The highest BCUT2D eigenvalue weighted by atomic mass is 16.1. The number of aryl methyl sites for hydroxylation is 2. The minimum absolute atomic E-state index is 0.0661. The van der Waals surface area contributed by atoms with Gasteiger partial charge in [-0.3, -0.25) is 9.25 Å². The van der Waals surface area contributed by atoms with Crippen molar-refractivity contribution in [1.29, 1.82) is 0 Å². The molecule has 0 fully saturated rings. The average molecular weight is 193 g/mol. The molecule has 2 heterocycles. The normalized spacial score (nSPS) is 10.6. The molecule has 14 heavy (non-hydrogen) atoms. The summed E-state index contributed by atoms with van der Waals surface area (Å²) in [5.74, 6) is 0. The van der Waals surface area contributed by atoms with E-state index in [4.69, 9.17) is 0 Å². The molecule has 0 saturated carbocycles. The summed E-state index contributed by atoms with van der Waals surface area (Å²) in [5, 5.41) is 7.52. The summed E-state index contributed by atoms with van der Waals surface area (Å²) in [4.78, 5) is 13.7. The van der Waals surface area contributed by atoms with E-state index < -0.39 is 0 Å². The lowest BCUT2D eigenvalue weighted by Crippen LogP contribution is -2.17. The first kappa shape index (κ1) is 8.74. The van der Waals surface area contributed by atoms with Crippen LogP contribution >= 0.6 is 0 Å². The minimum atomic E-state index is -0.0661. The maximum Gasteiger partial charge on any atom is 0.325 e. The van der Waals surface area contributed by atoms with Crippen molar-refractivity contribution < 1.29 is 0 Å². The predicted molar refractivity (Wildman–Crippen MR) is 49.7 cm³/mol. The second-order valence-electron chi connectivity index (χ2n) is 2.98. The first-order chi connectivity index (χ1) is 6.86. The molecule has 2 aromatic rings. The summed E-state index contributed by atoms with van der Waals surface area (Å²) in [5.41, 5.74) is -0.0661. The van der Waals surface area contributed by atoms with E-state index in [1.807, 2.05) is 0 Å². The molecule has 2 rings (SSSR count). The van der Waals surface area contributed by atoms with Crippen LogP contribution < -0.4 is 5.69 Å². The number of aromatic amines is 1. The third kappa shape index (κ3) is 1.90. The van der Waals surface area contributed by atoms with Crippen LogP contribution in [0, 0.1) is 0 Å². The highest BCUT2D eigenvalue weighted by Crippen LogP contribution is 1.90. The zero-order chi connectivity index (χ0) is 9.80. The van der Waals surface area contributed by atoms with Gasteiger partial charge in [0.25, 0.3) is 0 Å². The molecule has 6 heteroatoms. The molecule has 0 unspecified atom stereocenters. The van der Waals surface area contributed by atoms with E-state index in [1.165, 1.54) is 0 Å². The van der Waals surface area contributed by atoms with Crippen LogP contribution in [0.2, 0.25) is 0 Å². The molecule has 0 spiro atoms. The van der Waals surface area contributed by atoms with Gasteiger partial charge in [0.1, 0.15) is 0 Å². The van der Waals surface area contributed by atoms with E-state index in [1.54, 1.807) is 34.0 Å². The van der Waals surface area contributed by atoms with E-state index in [0.29, 0.717) is 6.54 Å². The minimum Gasteiger partial charge on any atom is -0.313 e. The van der Waals surface area contributed by atoms with Gasteiger partial charge in [-0.1, -0.05) is 5.21 Å². The number of aromatic nitrogens is 5. The average Bonchev–Trinajstić information content (AvgIpc) is 2.78. The number of hydrogen-bond acceptors (Lipinski definition) is 3. The topological polar surface area (TPSA) is 68.5 Å². The highest BCUT2D eigenvalue weighted by Gasteiger charge is 1.96. The summed E-state index contributed by atoms with van der Waals surface area (Å²) in [6.07, 6.45) is 7.69. The zero-order valence-electron chi connectivity index (χ0n) is 7.63. The summed E-state index contributed by atoms with van der Waals surface area (Å²) < 4.78 is 3.38. The Balaban J connectivity index is 1.84. The van der Waals surface area contributed by atoms with E-state index in [2.05, 4.69) is 15.3 Å². The molecule has 74 valence electrons. The van der Waals surface area contributed by atoms with Crippen LogP contribution in [0.5, 0.6) is 0 Å². The van der Waals surface area contributed by atoms with Crippen molar-refractivity contribution in [3.05, 3.63) is 35.3 Å². The fourth-order valence-electron chi connectivity index (χ4n) is 1.28. The highest BCUT2D eigenvalue weighted by molar-refractivity contribution is 4.75. The number of hydrogen-bond donors (Lipinski definition) is 1. The molecule has 2 aromatic heterocycles. The summed E-state index contributed by atoms with van der Waals surface area (Å²) in [6, 6.07) is 0. The summed E-state index contributed by atoms with van der Waals surface area (Å²) >= 11 is 0. The van der Waals surface area contributed by atoms with Crippen molar-refractivity contribution in [2.45, 2.75) is 19.5 Å². The Bertz CT molecular complexity index is 427. The zero-order valence-corrected chi connectivity index (χ0v) is 7.63. The first-order valence-corrected chi connectivity index (χ1v) is 4.44. The van der Waals surface area contributed by atoms with E-state index in [-0.39, 0.29) is 5.69 Å². The first-order valence-electron chi connectivity index (χ1n) is 4.44. The quantitative estimate of drug-likeness (QED) is 0.734. The van der Waals surface area contributed by atoms with Crippen LogP contribution in [0.3, 0.4) is 0 Å². The van der Waals surface area contributed by atoms with Crippen molar-refractivity contribution in [3.8, 4) is 0 Å². The lowest BCUT2D eigenvalue weighted by atomic mass is 10.4. The van der Waals surface area contributed by atoms with Gasteiger partial charge in [-0.25, -0.2) is 4.79 Å². The molecule has 0 aromatic carbocycles. The van der Waals surface area contributed by atoms with Gasteiger partial charge in [0, 0.05) is 31.7 Å². The molecule has 0 saturated heterocycles. The van der Waals surface area contributed by atoms with Crippen LogP contribution in [0.25, 0.3) is 0 Å². The molecule has 0 amide bonds. The molecular weight excluding hydrogens is 182 g/mol. The van der Waals surface area contributed by atoms with Gasteiger partial charge in [-0.15, -0.1) is 5.10 Å². The fraction of sp³-hybridized carbons (Fsp3) is 0.375. The molecule has 0 radical (unpaired) electrons. The molecule has 0 aliphatic carbocycles. The van der Waals surface area contributed by atoms with Crippen LogP contribution in [-0.2, 0) is 13.1 Å². The van der Waals surface area contributed by atoms with Gasteiger partial charge in [0.05, 0.1) is 6.20 Å². The number of nitrogens with zero attached hydrogens (tertiary/aromatic N) is 4. The third-order valence-corrected chi connectivity index (χ3v) is 1.98. The number of imidazole rings is 1. The Labute approximate surface area is 80.2 Å². The van der Waals surface area contributed by atoms with Crippen molar-refractivity contribution >= 4 is 0 Å². The molecule has 0 aliphatic rings. The lowest BCUT2D eigenvalue weighted by molar-refractivity contribution is 0.509. The Morgan fingerprint density at radius 3 is 2.93 bits per heavy atom. The molecule has 0 bridgehead atoms. The SMILES string of the molecule is O=c1[nH]ccn1CCCn1ccnn1. The van der Waals surface area contributed by atoms with Gasteiger partial charge in [-0.05, 0) is 6.42 Å². The van der Waals surface area contributed by atoms with E-state index in [9.17, 15) is 4.79 Å². The summed E-state index contributed by atoms with van der Waals surface area (Å²) in [7, 11) is 0. The summed E-state index contributed by atoms with van der Waals surface area (Å²) in [6.45, 7) is 1.47. The van der Waals surface area contributed by atoms with Gasteiger partial charge < -0.3 is 4.98 Å². The van der Waals surface area contributed by atoms with Crippen LogP contribution in [0.4, 0.5) is 0 Å². The van der Waals surface area contributed by atoms with Crippen LogP contribution in [-0.4, -0.2) is 24.5 Å². The van der Waals surface area contributed by atoms with Crippen molar-refractivity contribution in [2.24, 2.45) is 0 Å². The van der Waals surface area contributed by atoms with Crippen molar-refractivity contribution in [1.82, 2.24) is 24.5 Å². The van der Waals surface area contributed by atoms with Gasteiger partial charge in [-0.2, -0.15) is 0 Å². The van der Waals surface area contributed by atoms with Gasteiger partial charge >= 0.3 is 5.69 Å². The van der Waals surface area contributed by atoms with Crippen molar-refractivity contribution in [3.63, 3.8) is 0 Å². The number of nitrogens with one attached hydrogen (secondary N) is 1. The lowest BCUT2D eigenvalue weighted by Gasteiger charge is -2.00. The maximum atomic E-state index is 11.1. The Morgan fingerprint density at radius 2 is 2.29 bits per heavy atom. The maximum absolute atomic E-state index is 11.1. The van der Waals surface area contributed by atoms with Gasteiger partial charge in [0.15, 0.2) is 0 Å². The Hall–Kier alpha value is -1.85. The monoisotopic (exact) mass is 193 g/mol. The standard InChI is InChI=1S/C8H11N5O/c14-8-9-2-6-12(8)4-1-5-13-7-3-10-11-13/h2-3,6-7H,1,4-5H2,(H,9,14). The Kier molecular flexibility index (Phi) is 2.44. The smallest absolute Gasteiger partial charge is 0.313 e. The third-order valence-electron chi connectivity index (χ3n) is 1.98. The number of rotatable bonds is 4. The second kappa shape index (κ2) is 3.91. The van der Waals surface area contributed by atoms with Crippen LogP contribution in [0.15, 0.2) is 29.6 Å². The molecule has 1 N–H and O–H groups in total. The fourth-order valence-corrected chi connectivity index (χ4v) is 1.28. The molecule has 6 nitrogen and oxygen atoms in total. The van der Waals surface area contributed by atoms with E-state index >= 15 is 0 Å². The largest absolute Gasteiger partial charge is 0.325 e. The number of H-pyrrole nitrogens is 1. The second-order valence-corrected chi connectivity index (χ2v) is 2.98. The Morgan fingerprint density at radius 1 is 1.36 bits per heavy atom. The van der Waals surface area contributed by atoms with Gasteiger partial charge in [0.2, 0.25) is 0 Å². The molecule has 0 atom stereocenters. The molecule has 0 aliphatic heterocycles. The van der Waals surface area contributed by atoms with Crippen molar-refractivity contribution in [2.75, 3.05) is 0 Å².